The lowest BCUT2D eigenvalue weighted by Gasteiger charge is -2.09. The number of nitrogens with one attached hydrogen (secondary N) is 1. The van der Waals surface area contributed by atoms with Gasteiger partial charge >= 0.3 is 6.18 Å². The smallest absolute Gasteiger partial charge is 0.419 e. The number of phenols is 1. The summed E-state index contributed by atoms with van der Waals surface area (Å²) in [5, 5.41) is 11.4. The van der Waals surface area contributed by atoms with E-state index in [2.05, 4.69) is 5.32 Å². The molecule has 0 atom stereocenters. The van der Waals surface area contributed by atoms with Crippen LogP contribution in [0.4, 0.5) is 18.9 Å². The second-order valence-electron chi connectivity index (χ2n) is 2.50. The number of rotatable bonds is 1. The Morgan fingerprint density at radius 3 is 2.43 bits per heavy atom. The number of hydrogen-bond acceptors (Lipinski definition) is 2. The van der Waals surface area contributed by atoms with Crippen molar-refractivity contribution < 1.29 is 18.3 Å². The molecule has 2 N–H and O–H groups in total. The number of aromatic hydroxyl groups is 1. The third-order valence-corrected chi connectivity index (χ3v) is 1.52. The van der Waals surface area contributed by atoms with Gasteiger partial charge in [-0.2, -0.15) is 13.2 Å². The monoisotopic (exact) mass is 201 g/mol. The van der Waals surface area contributed by atoms with Crippen molar-refractivity contribution in [2.75, 3.05) is 5.32 Å². The van der Waals surface area contributed by atoms with Crippen LogP contribution in [-0.2, 0) is 6.18 Å². The molecule has 0 radical (unpaired) electrons. The van der Waals surface area contributed by atoms with Gasteiger partial charge in [0.25, 0.3) is 0 Å². The Kier molecular flexibility index (Phi) is 2.56. The number of benzene rings is 1. The van der Waals surface area contributed by atoms with E-state index in [9.17, 15) is 13.2 Å². The lowest BCUT2D eigenvalue weighted by Crippen LogP contribution is -2.05. The zero-order chi connectivity index (χ0) is 10.8. The van der Waals surface area contributed by atoms with Gasteiger partial charge in [-0.25, -0.2) is 0 Å². The number of terminal acetylenes is 1. The minimum atomic E-state index is -4.56. The second-order valence-corrected chi connectivity index (χ2v) is 2.50. The van der Waals surface area contributed by atoms with Crippen LogP contribution in [0.3, 0.4) is 0 Å². The van der Waals surface area contributed by atoms with E-state index in [0.717, 1.165) is 18.2 Å². The molecular weight excluding hydrogens is 195 g/mol. The molecule has 2 nitrogen and oxygen atoms in total. The molecule has 0 heterocycles. The first-order valence-electron chi connectivity index (χ1n) is 3.57. The highest BCUT2D eigenvalue weighted by atomic mass is 19.4. The molecule has 0 bridgehead atoms. The van der Waals surface area contributed by atoms with Gasteiger partial charge in [0.05, 0.1) is 5.56 Å². The maximum Gasteiger partial charge on any atom is 0.419 e. The fourth-order valence-corrected chi connectivity index (χ4v) is 0.932. The summed E-state index contributed by atoms with van der Waals surface area (Å²) in [5.41, 5.74) is -0.849. The van der Waals surface area contributed by atoms with Crippen LogP contribution in [0.15, 0.2) is 18.2 Å². The molecule has 1 rings (SSSR count). The molecule has 0 unspecified atom stereocenters. The molecule has 0 amide bonds. The van der Waals surface area contributed by atoms with Crippen molar-refractivity contribution in [1.82, 2.24) is 0 Å². The molecule has 0 saturated heterocycles. The Morgan fingerprint density at radius 1 is 1.36 bits per heavy atom. The minimum absolute atomic E-state index is 0.234. The molecule has 5 heteroatoms. The highest BCUT2D eigenvalue weighted by molar-refractivity contribution is 5.54. The maximum atomic E-state index is 12.1. The molecule has 1 aromatic carbocycles. The van der Waals surface area contributed by atoms with Crippen molar-refractivity contribution in [2.45, 2.75) is 6.18 Å². The van der Waals surface area contributed by atoms with Crippen LogP contribution in [0.5, 0.6) is 5.75 Å². The number of phenolic OH excluding ortho intramolecular Hbond substituents is 1. The van der Waals surface area contributed by atoms with Crippen molar-refractivity contribution in [3.63, 3.8) is 0 Å². The first-order valence-corrected chi connectivity index (χ1v) is 3.57. The number of hydrogen-bond donors (Lipinski definition) is 2. The molecule has 1 aromatic rings. The van der Waals surface area contributed by atoms with E-state index >= 15 is 0 Å². The normalized spacial score (nSPS) is 10.7. The van der Waals surface area contributed by atoms with Crippen LogP contribution in [0.1, 0.15) is 5.56 Å². The van der Waals surface area contributed by atoms with E-state index in [-0.39, 0.29) is 5.69 Å². The average Bonchev–Trinajstić information content (AvgIpc) is 2.02. The third kappa shape index (κ3) is 2.10. The average molecular weight is 201 g/mol. The second kappa shape index (κ2) is 3.50. The minimum Gasteiger partial charge on any atom is -0.507 e. The van der Waals surface area contributed by atoms with Gasteiger partial charge in [-0.3, -0.25) is 0 Å². The van der Waals surface area contributed by atoms with Gasteiger partial charge in [0.2, 0.25) is 0 Å². The summed E-state index contributed by atoms with van der Waals surface area (Å²) in [6.07, 6.45) is 0.313. The van der Waals surface area contributed by atoms with Crippen molar-refractivity contribution in [2.24, 2.45) is 0 Å². The van der Waals surface area contributed by atoms with Gasteiger partial charge in [0.15, 0.2) is 0 Å². The van der Waals surface area contributed by atoms with E-state index in [1.54, 1.807) is 0 Å². The molecular formula is C9H6F3NO. The lowest BCUT2D eigenvalue weighted by atomic mass is 10.2. The SMILES string of the molecule is C#CNc1ccc(C(F)(F)F)c(O)c1. The molecule has 0 aliphatic carbocycles. The largest absolute Gasteiger partial charge is 0.507 e. The van der Waals surface area contributed by atoms with Crippen molar-refractivity contribution in [3.05, 3.63) is 23.8 Å². The van der Waals surface area contributed by atoms with Crippen LogP contribution in [-0.4, -0.2) is 5.11 Å². The van der Waals surface area contributed by atoms with Gasteiger partial charge in [-0.15, -0.1) is 0 Å². The number of halogens is 3. The van der Waals surface area contributed by atoms with Crippen molar-refractivity contribution >= 4 is 5.69 Å². The summed E-state index contributed by atoms with van der Waals surface area (Å²) < 4.78 is 36.4. The maximum absolute atomic E-state index is 12.1. The summed E-state index contributed by atoms with van der Waals surface area (Å²) in [4.78, 5) is 0. The fraction of sp³-hybridized carbons (Fsp3) is 0.111. The topological polar surface area (TPSA) is 32.3 Å². The first kappa shape index (κ1) is 10.3. The van der Waals surface area contributed by atoms with E-state index < -0.39 is 17.5 Å². The molecule has 0 spiro atoms. The van der Waals surface area contributed by atoms with E-state index in [1.165, 1.54) is 0 Å². The van der Waals surface area contributed by atoms with Crippen molar-refractivity contribution in [1.29, 1.82) is 0 Å². The van der Waals surface area contributed by atoms with E-state index in [1.807, 2.05) is 6.04 Å². The number of anilines is 1. The Balaban J connectivity index is 3.09. The van der Waals surface area contributed by atoms with Crippen LogP contribution in [0.25, 0.3) is 0 Å². The quantitative estimate of drug-likeness (QED) is 0.540. The predicted octanol–water partition coefficient (Wildman–Crippen LogP) is 2.41. The van der Waals surface area contributed by atoms with Crippen LogP contribution in [0.2, 0.25) is 0 Å². The standard InChI is InChI=1S/C9H6F3NO/c1-2-13-6-3-4-7(8(14)5-6)9(10,11)12/h1,3-5,13-14H. The first-order chi connectivity index (χ1) is 6.45. The summed E-state index contributed by atoms with van der Waals surface area (Å²) in [6, 6.07) is 4.85. The molecule has 0 aliphatic rings. The van der Waals surface area contributed by atoms with E-state index in [0.29, 0.717) is 0 Å². The lowest BCUT2D eigenvalue weighted by molar-refractivity contribution is -0.138. The summed E-state index contributed by atoms with van der Waals surface area (Å²) in [7, 11) is 0. The summed E-state index contributed by atoms with van der Waals surface area (Å²) >= 11 is 0. The van der Waals surface area contributed by atoms with Gasteiger partial charge in [0, 0.05) is 17.8 Å². The molecule has 74 valence electrons. The Morgan fingerprint density at radius 2 is 2.00 bits per heavy atom. The Bertz CT molecular complexity index is 379. The summed E-state index contributed by atoms with van der Waals surface area (Å²) in [5.74, 6) is -0.849. The van der Waals surface area contributed by atoms with Gasteiger partial charge in [0.1, 0.15) is 5.75 Å². The Hall–Kier alpha value is -1.83. The molecule has 0 aliphatic heterocycles. The third-order valence-electron chi connectivity index (χ3n) is 1.52. The van der Waals surface area contributed by atoms with E-state index in [4.69, 9.17) is 11.5 Å². The Labute approximate surface area is 78.4 Å². The van der Waals surface area contributed by atoms with Crippen LogP contribution >= 0.6 is 0 Å². The van der Waals surface area contributed by atoms with Crippen LogP contribution in [0, 0.1) is 12.5 Å². The predicted molar refractivity (Wildman–Crippen MR) is 45.6 cm³/mol. The molecule has 14 heavy (non-hydrogen) atoms. The number of alkyl halides is 3. The highest BCUT2D eigenvalue weighted by Crippen LogP contribution is 2.36. The zero-order valence-electron chi connectivity index (χ0n) is 6.89. The van der Waals surface area contributed by atoms with Crippen LogP contribution < -0.4 is 5.32 Å². The molecule has 0 fully saturated rings. The van der Waals surface area contributed by atoms with Crippen molar-refractivity contribution in [3.8, 4) is 18.2 Å². The van der Waals surface area contributed by atoms with Gasteiger partial charge < -0.3 is 10.4 Å². The highest BCUT2D eigenvalue weighted by Gasteiger charge is 2.33. The molecule has 0 aromatic heterocycles. The molecule has 0 saturated carbocycles. The zero-order valence-corrected chi connectivity index (χ0v) is 6.89. The fourth-order valence-electron chi connectivity index (χ4n) is 0.932. The summed E-state index contributed by atoms with van der Waals surface area (Å²) in [6.45, 7) is 0. The van der Waals surface area contributed by atoms with Gasteiger partial charge in [-0.05, 0) is 12.1 Å². The van der Waals surface area contributed by atoms with Gasteiger partial charge in [-0.1, -0.05) is 6.42 Å².